The summed E-state index contributed by atoms with van der Waals surface area (Å²) in [7, 11) is 0. The third kappa shape index (κ3) is 3.55. The van der Waals surface area contributed by atoms with E-state index in [0.29, 0.717) is 0 Å². The van der Waals surface area contributed by atoms with Gasteiger partial charge in [0, 0.05) is 5.92 Å². The van der Waals surface area contributed by atoms with Gasteiger partial charge in [0.1, 0.15) is 0 Å². The summed E-state index contributed by atoms with van der Waals surface area (Å²) in [5.74, 6) is 0.0300. The Kier molecular flexibility index (Phi) is 4.93. The first kappa shape index (κ1) is 13.6. The molecule has 1 nitrogen and oxygen atoms in total. The summed E-state index contributed by atoms with van der Waals surface area (Å²) in [6.45, 7) is 3.73. The molecule has 2 rings (SSSR count). The Morgan fingerprint density at radius 1 is 0.895 bits per heavy atom. The Bertz CT molecular complexity index is 450. The van der Waals surface area contributed by atoms with Crippen LogP contribution in [0.4, 0.5) is 0 Å². The van der Waals surface area contributed by atoms with Crippen LogP contribution in [-0.2, 0) is 0 Å². The fourth-order valence-corrected chi connectivity index (χ4v) is 2.41. The molecule has 1 atom stereocenters. The van der Waals surface area contributed by atoms with Gasteiger partial charge < -0.3 is 5.11 Å². The van der Waals surface area contributed by atoms with Crippen molar-refractivity contribution in [2.45, 2.75) is 24.9 Å². The highest BCUT2D eigenvalue weighted by molar-refractivity contribution is 5.33. The lowest BCUT2D eigenvalue weighted by molar-refractivity contribution is 0.148. The van der Waals surface area contributed by atoms with Crippen molar-refractivity contribution in [2.75, 3.05) is 0 Å². The first-order valence-electron chi connectivity index (χ1n) is 6.71. The lowest BCUT2D eigenvalue weighted by Gasteiger charge is -2.23. The number of hydrogen-bond donors (Lipinski definition) is 1. The Morgan fingerprint density at radius 2 is 1.37 bits per heavy atom. The van der Waals surface area contributed by atoms with Crippen molar-refractivity contribution >= 4 is 0 Å². The van der Waals surface area contributed by atoms with Crippen molar-refractivity contribution in [2.24, 2.45) is 0 Å². The van der Waals surface area contributed by atoms with E-state index < -0.39 is 0 Å². The summed E-state index contributed by atoms with van der Waals surface area (Å²) in [6.07, 6.45) is 3.04. The Morgan fingerprint density at radius 3 is 1.79 bits per heavy atom. The summed E-state index contributed by atoms with van der Waals surface area (Å²) >= 11 is 0. The number of hydrogen-bond acceptors (Lipinski definition) is 1. The highest BCUT2D eigenvalue weighted by Crippen LogP contribution is 2.29. The minimum absolute atomic E-state index is 0.0300. The van der Waals surface area contributed by atoms with Gasteiger partial charge in [-0.2, -0.15) is 0 Å². The normalized spacial score (nSPS) is 12.3. The van der Waals surface area contributed by atoms with Crippen molar-refractivity contribution < 1.29 is 5.11 Å². The molecule has 0 bridgehead atoms. The molecule has 0 heterocycles. The molecule has 1 heteroatoms. The predicted molar refractivity (Wildman–Crippen MR) is 80.2 cm³/mol. The maximum Gasteiger partial charge on any atom is 0.0652 e. The molecule has 0 unspecified atom stereocenters. The van der Waals surface area contributed by atoms with Gasteiger partial charge in [0.15, 0.2) is 0 Å². The lowest BCUT2D eigenvalue weighted by atomic mass is 9.85. The highest BCUT2D eigenvalue weighted by atomic mass is 16.3. The molecule has 98 valence electrons. The molecule has 0 radical (unpaired) electrons. The molecule has 0 saturated heterocycles. The molecule has 0 spiro atoms. The van der Waals surface area contributed by atoms with Crippen LogP contribution in [0.25, 0.3) is 0 Å². The molecule has 2 aromatic rings. The number of benzene rings is 2. The molecule has 0 aliphatic heterocycles. The molecule has 1 N–H and O–H groups in total. The van der Waals surface area contributed by atoms with Gasteiger partial charge >= 0.3 is 0 Å². The van der Waals surface area contributed by atoms with Crippen LogP contribution in [0.2, 0.25) is 0 Å². The van der Waals surface area contributed by atoms with Crippen molar-refractivity contribution in [3.8, 4) is 0 Å². The van der Waals surface area contributed by atoms with Crippen LogP contribution in [0, 0.1) is 0 Å². The molecule has 2 aromatic carbocycles. The van der Waals surface area contributed by atoms with Gasteiger partial charge in [-0.1, -0.05) is 66.7 Å². The van der Waals surface area contributed by atoms with Gasteiger partial charge in [0.25, 0.3) is 0 Å². The van der Waals surface area contributed by atoms with E-state index in [0.717, 1.165) is 24.0 Å². The second-order valence-electron chi connectivity index (χ2n) is 4.73. The third-order valence-electron chi connectivity index (χ3n) is 3.37. The summed E-state index contributed by atoms with van der Waals surface area (Å²) in [5, 5.41) is 10.5. The zero-order valence-corrected chi connectivity index (χ0v) is 11.1. The summed E-state index contributed by atoms with van der Waals surface area (Å²) in [4.78, 5) is 0. The molecule has 0 aliphatic carbocycles. The summed E-state index contributed by atoms with van der Waals surface area (Å²) < 4.78 is 0. The Hall–Kier alpha value is -1.86. The first-order valence-corrected chi connectivity index (χ1v) is 6.71. The molecule has 0 fully saturated rings. The molecule has 19 heavy (non-hydrogen) atoms. The number of allylic oxidation sites excluding steroid dienone is 1. The van der Waals surface area contributed by atoms with E-state index in [4.69, 9.17) is 0 Å². The van der Waals surface area contributed by atoms with E-state index in [9.17, 15) is 5.11 Å². The summed E-state index contributed by atoms with van der Waals surface area (Å²) in [5.41, 5.74) is 2.32. The Labute approximate surface area is 115 Å². The number of aliphatic hydroxyl groups excluding tert-OH is 1. The van der Waals surface area contributed by atoms with Gasteiger partial charge in [0.2, 0.25) is 0 Å². The maximum atomic E-state index is 10.5. The predicted octanol–water partition coefficient (Wildman–Crippen LogP) is 4.15. The average Bonchev–Trinajstić information content (AvgIpc) is 2.47. The lowest BCUT2D eigenvalue weighted by Crippen LogP contribution is -2.19. The van der Waals surface area contributed by atoms with Crippen molar-refractivity contribution in [1.29, 1.82) is 0 Å². The van der Waals surface area contributed by atoms with Gasteiger partial charge in [-0.25, -0.2) is 0 Å². The second kappa shape index (κ2) is 6.91. The highest BCUT2D eigenvalue weighted by Gasteiger charge is 2.22. The van der Waals surface area contributed by atoms with E-state index in [-0.39, 0.29) is 12.0 Å². The Balaban J connectivity index is 2.31. The molecule has 0 aliphatic rings. The van der Waals surface area contributed by atoms with E-state index in [1.54, 1.807) is 0 Å². The van der Waals surface area contributed by atoms with E-state index >= 15 is 0 Å². The van der Waals surface area contributed by atoms with Crippen molar-refractivity contribution in [1.82, 2.24) is 0 Å². The fraction of sp³-hybridized carbons (Fsp3) is 0.222. The standard InChI is InChI=1S/C18H20O/c1-2-3-14-17(19)18(15-10-6-4-7-11-15)16-12-8-5-9-13-16/h2,4-13,17-19H,1,3,14H2/t17-/m0/s1. The van der Waals surface area contributed by atoms with Crippen LogP contribution in [0.15, 0.2) is 73.3 Å². The van der Waals surface area contributed by atoms with Crippen LogP contribution in [0.5, 0.6) is 0 Å². The van der Waals surface area contributed by atoms with Crippen LogP contribution in [0.3, 0.4) is 0 Å². The van der Waals surface area contributed by atoms with E-state index in [1.807, 2.05) is 42.5 Å². The first-order chi connectivity index (χ1) is 9.33. The van der Waals surface area contributed by atoms with Crippen LogP contribution < -0.4 is 0 Å². The fourth-order valence-electron chi connectivity index (χ4n) is 2.41. The van der Waals surface area contributed by atoms with Crippen LogP contribution >= 0.6 is 0 Å². The number of aliphatic hydroxyl groups is 1. The SMILES string of the molecule is C=CCC[C@H](O)C(c1ccccc1)c1ccccc1. The van der Waals surface area contributed by atoms with Crippen LogP contribution in [-0.4, -0.2) is 11.2 Å². The van der Waals surface area contributed by atoms with E-state index in [1.165, 1.54) is 0 Å². The summed E-state index contributed by atoms with van der Waals surface area (Å²) in [6, 6.07) is 20.4. The monoisotopic (exact) mass is 252 g/mol. The average molecular weight is 252 g/mol. The topological polar surface area (TPSA) is 20.2 Å². The van der Waals surface area contributed by atoms with Crippen molar-refractivity contribution in [3.05, 3.63) is 84.4 Å². The second-order valence-corrected chi connectivity index (χ2v) is 4.73. The third-order valence-corrected chi connectivity index (χ3v) is 3.37. The van der Waals surface area contributed by atoms with Gasteiger partial charge in [-0.15, -0.1) is 6.58 Å². The minimum atomic E-state index is -0.386. The van der Waals surface area contributed by atoms with Gasteiger partial charge in [-0.05, 0) is 24.0 Å². The zero-order valence-electron chi connectivity index (χ0n) is 11.1. The molecule has 0 amide bonds. The van der Waals surface area contributed by atoms with Gasteiger partial charge in [0.05, 0.1) is 6.10 Å². The number of rotatable bonds is 6. The largest absolute Gasteiger partial charge is 0.392 e. The zero-order chi connectivity index (χ0) is 13.5. The molecule has 0 saturated carbocycles. The van der Waals surface area contributed by atoms with Gasteiger partial charge in [-0.3, -0.25) is 0 Å². The molecular weight excluding hydrogens is 232 g/mol. The maximum absolute atomic E-state index is 10.5. The van der Waals surface area contributed by atoms with Crippen molar-refractivity contribution in [3.63, 3.8) is 0 Å². The van der Waals surface area contributed by atoms with Crippen LogP contribution in [0.1, 0.15) is 29.9 Å². The smallest absolute Gasteiger partial charge is 0.0652 e. The molecule has 0 aromatic heterocycles. The molecular formula is C18H20O. The van der Waals surface area contributed by atoms with E-state index in [2.05, 4.69) is 30.8 Å². The quantitative estimate of drug-likeness (QED) is 0.766. The minimum Gasteiger partial charge on any atom is -0.392 e.